The van der Waals surface area contributed by atoms with E-state index in [1.165, 1.54) is 12.8 Å². The molecule has 1 N–H and O–H groups in total. The summed E-state index contributed by atoms with van der Waals surface area (Å²) in [5.41, 5.74) is 0. The van der Waals surface area contributed by atoms with Crippen LogP contribution >= 0.6 is 11.8 Å². The van der Waals surface area contributed by atoms with E-state index in [-0.39, 0.29) is 0 Å². The summed E-state index contributed by atoms with van der Waals surface area (Å²) in [4.78, 5) is 13.7. The minimum atomic E-state index is 0.351. The van der Waals surface area contributed by atoms with Gasteiger partial charge in [-0.2, -0.15) is 11.8 Å². The molecule has 0 saturated carbocycles. The molecule has 0 aliphatic carbocycles. The predicted octanol–water partition coefficient (Wildman–Crippen LogP) is 0.704. The maximum Gasteiger partial charge on any atom is 0.223 e. The number of amides is 1. The third kappa shape index (κ3) is 2.64. The second-order valence-electron chi connectivity index (χ2n) is 4.00. The van der Waals surface area contributed by atoms with Gasteiger partial charge in [0, 0.05) is 37.1 Å². The van der Waals surface area contributed by atoms with E-state index in [2.05, 4.69) is 5.32 Å². The lowest BCUT2D eigenvalue weighted by atomic mass is 10.2. The van der Waals surface area contributed by atoms with Crippen molar-refractivity contribution in [1.82, 2.24) is 10.2 Å². The van der Waals surface area contributed by atoms with E-state index < -0.39 is 0 Å². The van der Waals surface area contributed by atoms with E-state index >= 15 is 0 Å². The van der Waals surface area contributed by atoms with Crippen LogP contribution in [0.3, 0.4) is 0 Å². The Morgan fingerprint density at radius 2 is 2.43 bits per heavy atom. The second-order valence-corrected chi connectivity index (χ2v) is 5.22. The molecule has 3 nitrogen and oxygen atoms in total. The van der Waals surface area contributed by atoms with Gasteiger partial charge in [-0.05, 0) is 19.4 Å². The van der Waals surface area contributed by atoms with Gasteiger partial charge in [0.05, 0.1) is 0 Å². The van der Waals surface area contributed by atoms with Crippen molar-refractivity contribution in [2.45, 2.75) is 25.3 Å². The third-order valence-corrected chi connectivity index (χ3v) is 3.89. The average Bonchev–Trinajstić information content (AvgIpc) is 2.60. The fraction of sp³-hybridized carbons (Fsp3) is 0.900. The van der Waals surface area contributed by atoms with Crippen molar-refractivity contribution in [3.05, 3.63) is 0 Å². The molecule has 0 radical (unpaired) electrons. The smallest absolute Gasteiger partial charge is 0.223 e. The molecule has 2 rings (SSSR count). The van der Waals surface area contributed by atoms with Gasteiger partial charge in [0.25, 0.3) is 0 Å². The first-order valence-corrected chi connectivity index (χ1v) is 6.60. The summed E-state index contributed by atoms with van der Waals surface area (Å²) in [6.45, 7) is 3.00. The van der Waals surface area contributed by atoms with Crippen molar-refractivity contribution >= 4 is 17.7 Å². The van der Waals surface area contributed by atoms with Crippen LogP contribution in [0.5, 0.6) is 0 Å². The molecule has 0 aromatic heterocycles. The lowest BCUT2D eigenvalue weighted by Gasteiger charge is -2.23. The van der Waals surface area contributed by atoms with Gasteiger partial charge in [0.1, 0.15) is 0 Å². The molecule has 80 valence electrons. The second kappa shape index (κ2) is 5.03. The van der Waals surface area contributed by atoms with E-state index in [4.69, 9.17) is 0 Å². The van der Waals surface area contributed by atoms with Crippen molar-refractivity contribution < 1.29 is 4.79 Å². The molecule has 1 amide bonds. The summed E-state index contributed by atoms with van der Waals surface area (Å²) in [5.74, 6) is 2.47. The van der Waals surface area contributed by atoms with E-state index in [0.717, 1.165) is 37.6 Å². The van der Waals surface area contributed by atoms with Crippen molar-refractivity contribution in [3.8, 4) is 0 Å². The Morgan fingerprint density at radius 3 is 3.21 bits per heavy atom. The van der Waals surface area contributed by atoms with Crippen molar-refractivity contribution in [1.29, 1.82) is 0 Å². The number of rotatable bonds is 2. The van der Waals surface area contributed by atoms with Crippen LogP contribution in [0.15, 0.2) is 0 Å². The van der Waals surface area contributed by atoms with Crippen LogP contribution in [0.2, 0.25) is 0 Å². The topological polar surface area (TPSA) is 32.3 Å². The standard InChI is InChI=1S/C10H18N2OS/c13-10-3-6-14-7-5-12(10)8-9-2-1-4-11-9/h9,11H,1-8H2. The van der Waals surface area contributed by atoms with Crippen LogP contribution in [0.25, 0.3) is 0 Å². The monoisotopic (exact) mass is 214 g/mol. The number of nitrogens with one attached hydrogen (secondary N) is 1. The molecule has 2 heterocycles. The van der Waals surface area contributed by atoms with Gasteiger partial charge in [-0.3, -0.25) is 4.79 Å². The molecule has 0 aromatic rings. The first-order valence-electron chi connectivity index (χ1n) is 5.45. The highest BCUT2D eigenvalue weighted by molar-refractivity contribution is 7.99. The lowest BCUT2D eigenvalue weighted by molar-refractivity contribution is -0.130. The van der Waals surface area contributed by atoms with Gasteiger partial charge in [0.2, 0.25) is 5.91 Å². The maximum atomic E-state index is 11.7. The van der Waals surface area contributed by atoms with Crippen LogP contribution in [0.1, 0.15) is 19.3 Å². The molecule has 4 heteroatoms. The van der Waals surface area contributed by atoms with Gasteiger partial charge < -0.3 is 10.2 Å². The Labute approximate surface area is 89.6 Å². The molecule has 0 spiro atoms. The van der Waals surface area contributed by atoms with Gasteiger partial charge in [-0.15, -0.1) is 0 Å². The first-order chi connectivity index (χ1) is 6.86. The van der Waals surface area contributed by atoms with Crippen LogP contribution in [0, 0.1) is 0 Å². The van der Waals surface area contributed by atoms with Crippen LogP contribution in [-0.2, 0) is 4.79 Å². The highest BCUT2D eigenvalue weighted by Crippen LogP contribution is 2.13. The summed E-state index contributed by atoms with van der Waals surface area (Å²) in [5, 5.41) is 3.44. The van der Waals surface area contributed by atoms with Gasteiger partial charge in [-0.1, -0.05) is 0 Å². The first kappa shape index (κ1) is 10.3. The Kier molecular flexibility index (Phi) is 3.70. The normalized spacial score (nSPS) is 29.3. The van der Waals surface area contributed by atoms with E-state index in [9.17, 15) is 4.79 Å². The van der Waals surface area contributed by atoms with E-state index in [0.29, 0.717) is 11.9 Å². The number of carbonyl (C=O) groups excluding carboxylic acids is 1. The van der Waals surface area contributed by atoms with E-state index in [1.54, 1.807) is 0 Å². The molecular formula is C10H18N2OS. The summed E-state index contributed by atoms with van der Waals surface area (Å²) < 4.78 is 0. The third-order valence-electron chi connectivity index (χ3n) is 2.92. The summed E-state index contributed by atoms with van der Waals surface area (Å²) in [7, 11) is 0. The summed E-state index contributed by atoms with van der Waals surface area (Å²) in [6, 6.07) is 0.557. The fourth-order valence-electron chi connectivity index (χ4n) is 2.09. The quantitative estimate of drug-likeness (QED) is 0.734. The van der Waals surface area contributed by atoms with Crippen molar-refractivity contribution in [2.24, 2.45) is 0 Å². The molecule has 1 unspecified atom stereocenters. The maximum absolute atomic E-state index is 11.7. The highest BCUT2D eigenvalue weighted by atomic mass is 32.2. The Bertz CT molecular complexity index is 204. The Morgan fingerprint density at radius 1 is 1.50 bits per heavy atom. The number of carbonyl (C=O) groups is 1. The molecule has 2 aliphatic heterocycles. The zero-order chi connectivity index (χ0) is 9.80. The number of hydrogen-bond donors (Lipinski definition) is 1. The van der Waals surface area contributed by atoms with Crippen LogP contribution < -0.4 is 5.32 Å². The predicted molar refractivity (Wildman–Crippen MR) is 59.5 cm³/mol. The minimum absolute atomic E-state index is 0.351. The Hall–Kier alpha value is -0.220. The average molecular weight is 214 g/mol. The van der Waals surface area contributed by atoms with Crippen LogP contribution in [-0.4, -0.2) is 48.0 Å². The van der Waals surface area contributed by atoms with Crippen molar-refractivity contribution in [2.75, 3.05) is 31.1 Å². The van der Waals surface area contributed by atoms with Crippen molar-refractivity contribution in [3.63, 3.8) is 0 Å². The van der Waals surface area contributed by atoms with E-state index in [1.807, 2.05) is 16.7 Å². The number of thioether (sulfide) groups is 1. The van der Waals surface area contributed by atoms with Gasteiger partial charge >= 0.3 is 0 Å². The molecule has 0 bridgehead atoms. The SMILES string of the molecule is O=C1CCSCCN1CC1CCCN1. The molecule has 0 aromatic carbocycles. The minimum Gasteiger partial charge on any atom is -0.340 e. The number of hydrogen-bond acceptors (Lipinski definition) is 3. The van der Waals surface area contributed by atoms with Gasteiger partial charge in [-0.25, -0.2) is 0 Å². The molecule has 2 aliphatic rings. The largest absolute Gasteiger partial charge is 0.340 e. The fourth-order valence-corrected chi connectivity index (χ4v) is 2.96. The Balaban J connectivity index is 1.84. The molecule has 1 atom stereocenters. The van der Waals surface area contributed by atoms with Gasteiger partial charge in [0.15, 0.2) is 0 Å². The highest BCUT2D eigenvalue weighted by Gasteiger charge is 2.22. The molecular weight excluding hydrogens is 196 g/mol. The molecule has 2 saturated heterocycles. The van der Waals surface area contributed by atoms with Crippen LogP contribution in [0.4, 0.5) is 0 Å². The molecule has 2 fully saturated rings. The zero-order valence-corrected chi connectivity index (χ0v) is 9.31. The lowest BCUT2D eigenvalue weighted by Crippen LogP contribution is -2.41. The molecule has 14 heavy (non-hydrogen) atoms. The summed E-state index contributed by atoms with van der Waals surface area (Å²) in [6.07, 6.45) is 3.23. The zero-order valence-electron chi connectivity index (χ0n) is 8.50. The number of nitrogens with zero attached hydrogens (tertiary/aromatic N) is 1. The summed E-state index contributed by atoms with van der Waals surface area (Å²) >= 11 is 1.90.